The standard InChI is InChI=1S/C51H89O8P/c1-4-7-9-11-13-15-17-19-21-23-24-25-26-27-28-30-31-33-35-37-39-41-43-45-50(52)56-47-49(48-58-60(54,55)57-6-3)59-51(53)46-44-42-40-38-36-34-32-29-22-20-18-16-14-12-10-8-5-2/h8,10,14,16,20,22-24,32,34,38,40,49H,4-7,9,11-13,15,17-19,21,25-31,33,35-37,39,41-48H2,1-3H3,(H,54,55)/b10-8-,16-14-,22-20-,24-23-,34-32-,40-38-. The average Bonchev–Trinajstić information content (AvgIpc) is 3.23. The van der Waals surface area contributed by atoms with E-state index in [1.807, 2.05) is 6.08 Å². The molecule has 0 rings (SSSR count). The lowest BCUT2D eigenvalue weighted by atomic mass is 10.0. The van der Waals surface area contributed by atoms with Crippen LogP contribution in [0.5, 0.6) is 0 Å². The molecule has 8 nitrogen and oxygen atoms in total. The van der Waals surface area contributed by atoms with Crippen molar-refractivity contribution in [3.8, 4) is 0 Å². The van der Waals surface area contributed by atoms with Gasteiger partial charge in [0, 0.05) is 12.8 Å². The largest absolute Gasteiger partial charge is 0.472 e. The van der Waals surface area contributed by atoms with E-state index >= 15 is 0 Å². The summed E-state index contributed by atoms with van der Waals surface area (Å²) >= 11 is 0. The van der Waals surface area contributed by atoms with Crippen LogP contribution < -0.4 is 0 Å². The molecule has 2 atom stereocenters. The second-order valence-corrected chi connectivity index (χ2v) is 17.2. The first kappa shape index (κ1) is 57.5. The third kappa shape index (κ3) is 45.0. The first-order valence-corrected chi connectivity index (χ1v) is 25.7. The highest BCUT2D eigenvalue weighted by atomic mass is 31.2. The quantitative estimate of drug-likeness (QED) is 0.0279. The Morgan fingerprint density at radius 1 is 0.467 bits per heavy atom. The first-order valence-electron chi connectivity index (χ1n) is 24.2. The Hall–Kier alpha value is -2.51. The second-order valence-electron chi connectivity index (χ2n) is 15.7. The smallest absolute Gasteiger partial charge is 0.462 e. The molecule has 0 saturated heterocycles. The predicted octanol–water partition coefficient (Wildman–Crippen LogP) is 15.7. The number of unbranched alkanes of at least 4 members (excludes halogenated alkanes) is 20. The van der Waals surface area contributed by atoms with E-state index in [1.165, 1.54) is 116 Å². The van der Waals surface area contributed by atoms with Crippen molar-refractivity contribution in [1.82, 2.24) is 0 Å². The second kappa shape index (κ2) is 46.0. The number of carbonyl (C=O) groups excluding carboxylic acids is 2. The molecule has 0 aliphatic heterocycles. The monoisotopic (exact) mass is 861 g/mol. The fourth-order valence-electron chi connectivity index (χ4n) is 6.48. The van der Waals surface area contributed by atoms with E-state index in [0.717, 1.165) is 51.4 Å². The van der Waals surface area contributed by atoms with Crippen molar-refractivity contribution in [2.45, 2.75) is 219 Å². The molecule has 0 heterocycles. The highest BCUT2D eigenvalue weighted by molar-refractivity contribution is 7.47. The van der Waals surface area contributed by atoms with Crippen LogP contribution in [-0.4, -0.2) is 42.8 Å². The predicted molar refractivity (Wildman–Crippen MR) is 253 cm³/mol. The van der Waals surface area contributed by atoms with Gasteiger partial charge in [-0.25, -0.2) is 4.57 Å². The van der Waals surface area contributed by atoms with Crippen molar-refractivity contribution in [3.63, 3.8) is 0 Å². The molecule has 0 aliphatic carbocycles. The Kier molecular flexibility index (Phi) is 44.1. The summed E-state index contributed by atoms with van der Waals surface area (Å²) in [6.07, 6.45) is 58.3. The molecule has 0 fully saturated rings. The Balaban J connectivity index is 4.06. The molecule has 9 heteroatoms. The minimum absolute atomic E-state index is 0.0131. The lowest BCUT2D eigenvalue weighted by molar-refractivity contribution is -0.161. The Bertz CT molecular complexity index is 1200. The Morgan fingerprint density at radius 3 is 1.35 bits per heavy atom. The van der Waals surface area contributed by atoms with Crippen molar-refractivity contribution in [2.24, 2.45) is 0 Å². The van der Waals surface area contributed by atoms with Crippen molar-refractivity contribution in [3.05, 3.63) is 72.9 Å². The molecule has 0 aromatic rings. The van der Waals surface area contributed by atoms with Crippen LogP contribution in [0.3, 0.4) is 0 Å². The zero-order valence-corrected chi connectivity index (χ0v) is 39.5. The zero-order valence-electron chi connectivity index (χ0n) is 38.6. The summed E-state index contributed by atoms with van der Waals surface area (Å²) in [5.41, 5.74) is 0. The summed E-state index contributed by atoms with van der Waals surface area (Å²) in [6, 6.07) is 0. The van der Waals surface area contributed by atoms with Gasteiger partial charge >= 0.3 is 19.8 Å². The van der Waals surface area contributed by atoms with Gasteiger partial charge in [-0.15, -0.1) is 0 Å². The molecular formula is C51H89O8P. The van der Waals surface area contributed by atoms with E-state index in [4.69, 9.17) is 18.5 Å². The normalized spacial score (nSPS) is 13.9. The van der Waals surface area contributed by atoms with Crippen molar-refractivity contribution in [1.29, 1.82) is 0 Å². The van der Waals surface area contributed by atoms with Gasteiger partial charge in [0.15, 0.2) is 6.10 Å². The topological polar surface area (TPSA) is 108 Å². The molecule has 0 radical (unpaired) electrons. The third-order valence-electron chi connectivity index (χ3n) is 10.00. The summed E-state index contributed by atoms with van der Waals surface area (Å²) in [5.74, 6) is -0.867. The van der Waals surface area contributed by atoms with E-state index in [0.29, 0.717) is 12.8 Å². The summed E-state index contributed by atoms with van der Waals surface area (Å²) < 4.78 is 32.7. The summed E-state index contributed by atoms with van der Waals surface area (Å²) in [4.78, 5) is 34.8. The minimum atomic E-state index is -4.30. The van der Waals surface area contributed by atoms with Crippen LogP contribution in [0.15, 0.2) is 72.9 Å². The highest BCUT2D eigenvalue weighted by Crippen LogP contribution is 2.43. The van der Waals surface area contributed by atoms with E-state index < -0.39 is 26.5 Å². The fourth-order valence-corrected chi connectivity index (χ4v) is 7.24. The Labute approximate surface area is 368 Å². The number of carbonyl (C=O) groups is 2. The highest BCUT2D eigenvalue weighted by Gasteiger charge is 2.25. The van der Waals surface area contributed by atoms with Crippen molar-refractivity contribution >= 4 is 19.8 Å². The van der Waals surface area contributed by atoms with Crippen LogP contribution in [0.4, 0.5) is 0 Å². The maximum absolute atomic E-state index is 12.6. The van der Waals surface area contributed by atoms with Gasteiger partial charge < -0.3 is 14.4 Å². The van der Waals surface area contributed by atoms with Crippen molar-refractivity contribution < 1.29 is 37.6 Å². The molecular weight excluding hydrogens is 772 g/mol. The van der Waals surface area contributed by atoms with Gasteiger partial charge in [-0.2, -0.15) is 0 Å². The number of phosphoric ester groups is 1. The maximum Gasteiger partial charge on any atom is 0.472 e. The summed E-state index contributed by atoms with van der Waals surface area (Å²) in [7, 11) is -4.30. The van der Waals surface area contributed by atoms with Gasteiger partial charge in [0.1, 0.15) is 6.61 Å². The molecule has 0 aromatic heterocycles. The van der Waals surface area contributed by atoms with E-state index in [9.17, 15) is 19.0 Å². The molecule has 0 spiro atoms. The average molecular weight is 861 g/mol. The Morgan fingerprint density at radius 2 is 0.867 bits per heavy atom. The number of allylic oxidation sites excluding steroid dienone is 12. The van der Waals surface area contributed by atoms with Gasteiger partial charge in [0.05, 0.1) is 13.2 Å². The maximum atomic E-state index is 12.6. The van der Waals surface area contributed by atoms with Gasteiger partial charge in [-0.1, -0.05) is 189 Å². The lowest BCUT2D eigenvalue weighted by Crippen LogP contribution is -2.29. The molecule has 0 bridgehead atoms. The number of esters is 2. The first-order chi connectivity index (χ1) is 29.3. The molecule has 1 N–H and O–H groups in total. The van der Waals surface area contributed by atoms with E-state index in [1.54, 1.807) is 6.92 Å². The third-order valence-corrected chi connectivity index (χ3v) is 11.1. The van der Waals surface area contributed by atoms with Crippen LogP contribution in [0.1, 0.15) is 213 Å². The van der Waals surface area contributed by atoms with Gasteiger partial charge in [0.2, 0.25) is 0 Å². The van der Waals surface area contributed by atoms with Crippen LogP contribution >= 0.6 is 7.82 Å². The number of phosphoric acid groups is 1. The zero-order chi connectivity index (χ0) is 43.9. The van der Waals surface area contributed by atoms with Crippen LogP contribution in [0.2, 0.25) is 0 Å². The number of ether oxygens (including phenoxy) is 2. The van der Waals surface area contributed by atoms with Crippen molar-refractivity contribution in [2.75, 3.05) is 19.8 Å². The van der Waals surface area contributed by atoms with Gasteiger partial charge in [0.25, 0.3) is 0 Å². The van der Waals surface area contributed by atoms with Crippen LogP contribution in [0, 0.1) is 0 Å². The van der Waals surface area contributed by atoms with Crippen LogP contribution in [0.25, 0.3) is 0 Å². The minimum Gasteiger partial charge on any atom is -0.462 e. The number of hydrogen-bond donors (Lipinski definition) is 1. The summed E-state index contributed by atoms with van der Waals surface area (Å²) in [6.45, 7) is 5.31. The van der Waals surface area contributed by atoms with Crippen LogP contribution in [-0.2, 0) is 32.7 Å². The molecule has 0 aromatic carbocycles. The fraction of sp³-hybridized carbons (Fsp3) is 0.725. The lowest BCUT2D eigenvalue weighted by Gasteiger charge is -2.19. The molecule has 60 heavy (non-hydrogen) atoms. The van der Waals surface area contributed by atoms with Gasteiger partial charge in [-0.3, -0.25) is 18.6 Å². The SMILES string of the molecule is CC/C=C\C/C=C\C/C=C\C/C=C\C/C=C\CCCC(=O)OC(COC(=O)CCCCCCCCCCCCC/C=C\CCCCCCCCCC)COP(=O)(O)OCC. The van der Waals surface area contributed by atoms with E-state index in [2.05, 4.69) is 80.7 Å². The molecule has 2 unspecified atom stereocenters. The molecule has 346 valence electrons. The number of hydrogen-bond acceptors (Lipinski definition) is 7. The molecule has 0 amide bonds. The van der Waals surface area contributed by atoms with E-state index in [-0.39, 0.29) is 32.0 Å². The summed E-state index contributed by atoms with van der Waals surface area (Å²) in [5, 5.41) is 0. The molecule has 0 aliphatic rings. The number of rotatable bonds is 44. The molecule has 0 saturated carbocycles. The van der Waals surface area contributed by atoms with Gasteiger partial charge in [-0.05, 0) is 84.0 Å².